The summed E-state index contributed by atoms with van der Waals surface area (Å²) in [7, 11) is 0. The summed E-state index contributed by atoms with van der Waals surface area (Å²) in [6.07, 6.45) is 8.20. The van der Waals surface area contributed by atoms with Crippen LogP contribution in [0.4, 0.5) is 5.69 Å². The lowest BCUT2D eigenvalue weighted by Gasteiger charge is -2.28. The molecule has 32 heavy (non-hydrogen) atoms. The number of ether oxygens (including phenoxy) is 3. The highest BCUT2D eigenvalue weighted by Gasteiger charge is 2.09. The molecule has 0 saturated carbocycles. The summed E-state index contributed by atoms with van der Waals surface area (Å²) in [4.78, 5) is 2.35. The minimum Gasteiger partial charge on any atom is -0.489 e. The van der Waals surface area contributed by atoms with Crippen LogP contribution < -0.4 is 14.4 Å². The van der Waals surface area contributed by atoms with Crippen molar-refractivity contribution in [3.8, 4) is 11.5 Å². The Kier molecular flexibility index (Phi) is 7.99. The van der Waals surface area contributed by atoms with Gasteiger partial charge in [-0.1, -0.05) is 66.7 Å². The van der Waals surface area contributed by atoms with E-state index in [0.717, 1.165) is 37.8 Å². The van der Waals surface area contributed by atoms with Crippen LogP contribution in [0.3, 0.4) is 0 Å². The first-order chi connectivity index (χ1) is 15.9. The Hall–Kier alpha value is -3.50. The van der Waals surface area contributed by atoms with Crippen molar-refractivity contribution in [3.63, 3.8) is 0 Å². The Morgan fingerprint density at radius 3 is 1.59 bits per heavy atom. The van der Waals surface area contributed by atoms with Crippen molar-refractivity contribution in [3.05, 3.63) is 102 Å². The van der Waals surface area contributed by atoms with E-state index in [1.807, 2.05) is 66.7 Å². The standard InChI is InChI=1S/C10H13NO.2C9H8O/c1-2-4-10(5-3-1)11-6-8-12-9-7-11;2*1-2-6-9-8(4-1)5-3-7-10-9/h1-5H,6-9H2;2*1-6H,7H2. The van der Waals surface area contributed by atoms with Crippen molar-refractivity contribution < 1.29 is 14.2 Å². The van der Waals surface area contributed by atoms with Crippen LogP contribution in [-0.4, -0.2) is 39.5 Å². The molecule has 1 saturated heterocycles. The third-order valence-corrected chi connectivity index (χ3v) is 5.24. The van der Waals surface area contributed by atoms with Crippen molar-refractivity contribution in [2.24, 2.45) is 0 Å². The summed E-state index contributed by atoms with van der Waals surface area (Å²) in [5.41, 5.74) is 3.66. The lowest BCUT2D eigenvalue weighted by atomic mass is 10.1. The molecule has 164 valence electrons. The average Bonchev–Trinajstić information content (AvgIpc) is 2.91. The van der Waals surface area contributed by atoms with E-state index in [2.05, 4.69) is 41.3 Å². The molecule has 3 aliphatic heterocycles. The normalized spacial score (nSPS) is 15.4. The molecule has 0 atom stereocenters. The van der Waals surface area contributed by atoms with E-state index < -0.39 is 0 Å². The summed E-state index contributed by atoms with van der Waals surface area (Å²) >= 11 is 0. The minimum absolute atomic E-state index is 0.705. The molecule has 3 aromatic carbocycles. The van der Waals surface area contributed by atoms with Gasteiger partial charge in [0.05, 0.1) is 13.2 Å². The molecule has 3 aliphatic rings. The van der Waals surface area contributed by atoms with Gasteiger partial charge in [0.1, 0.15) is 24.7 Å². The van der Waals surface area contributed by atoms with Gasteiger partial charge in [-0.15, -0.1) is 0 Å². The predicted molar refractivity (Wildman–Crippen MR) is 131 cm³/mol. The largest absolute Gasteiger partial charge is 0.489 e. The molecule has 0 radical (unpaired) electrons. The molecule has 0 aliphatic carbocycles. The first-order valence-electron chi connectivity index (χ1n) is 11.0. The smallest absolute Gasteiger partial charge is 0.126 e. The third-order valence-electron chi connectivity index (χ3n) is 5.24. The van der Waals surface area contributed by atoms with Crippen LogP contribution in [0, 0.1) is 0 Å². The molecule has 0 aromatic heterocycles. The van der Waals surface area contributed by atoms with E-state index in [1.165, 1.54) is 16.8 Å². The van der Waals surface area contributed by atoms with E-state index in [9.17, 15) is 0 Å². The molecule has 0 N–H and O–H groups in total. The molecular weight excluding hydrogens is 398 g/mol. The molecule has 0 unspecified atom stereocenters. The van der Waals surface area contributed by atoms with Gasteiger partial charge in [0.2, 0.25) is 0 Å². The van der Waals surface area contributed by atoms with Crippen LogP contribution in [0.5, 0.6) is 11.5 Å². The van der Waals surface area contributed by atoms with Gasteiger partial charge in [0, 0.05) is 29.9 Å². The van der Waals surface area contributed by atoms with Crippen LogP contribution in [0.25, 0.3) is 12.2 Å². The molecular formula is C28H29NO3. The number of hydrogen-bond donors (Lipinski definition) is 0. The van der Waals surface area contributed by atoms with Crippen LogP contribution >= 0.6 is 0 Å². The molecule has 0 spiro atoms. The van der Waals surface area contributed by atoms with E-state index in [4.69, 9.17) is 14.2 Å². The number of rotatable bonds is 1. The fraction of sp³-hybridized carbons (Fsp3) is 0.214. The highest BCUT2D eigenvalue weighted by atomic mass is 16.5. The van der Waals surface area contributed by atoms with Crippen molar-refractivity contribution in [2.75, 3.05) is 44.4 Å². The van der Waals surface area contributed by atoms with Crippen LogP contribution in [0.1, 0.15) is 11.1 Å². The van der Waals surface area contributed by atoms with Crippen LogP contribution in [0.15, 0.2) is 91.0 Å². The Morgan fingerprint density at radius 1 is 0.562 bits per heavy atom. The number of benzene rings is 3. The van der Waals surface area contributed by atoms with E-state index >= 15 is 0 Å². The second-order valence-electron chi connectivity index (χ2n) is 7.44. The average molecular weight is 428 g/mol. The van der Waals surface area contributed by atoms with E-state index in [0.29, 0.717) is 13.2 Å². The van der Waals surface area contributed by atoms with Gasteiger partial charge in [-0.2, -0.15) is 0 Å². The van der Waals surface area contributed by atoms with Gasteiger partial charge in [0.25, 0.3) is 0 Å². The maximum atomic E-state index is 5.34. The van der Waals surface area contributed by atoms with Gasteiger partial charge >= 0.3 is 0 Å². The number of hydrogen-bond acceptors (Lipinski definition) is 4. The predicted octanol–water partition coefficient (Wildman–Crippen LogP) is 5.71. The first kappa shape index (κ1) is 21.7. The highest BCUT2D eigenvalue weighted by Crippen LogP contribution is 2.22. The Bertz CT molecular complexity index is 966. The van der Waals surface area contributed by atoms with Gasteiger partial charge in [-0.3, -0.25) is 0 Å². The Morgan fingerprint density at radius 2 is 1.06 bits per heavy atom. The lowest BCUT2D eigenvalue weighted by molar-refractivity contribution is 0.122. The quantitative estimate of drug-likeness (QED) is 0.498. The maximum Gasteiger partial charge on any atom is 0.126 e. The van der Waals surface area contributed by atoms with Crippen molar-refractivity contribution in [2.45, 2.75) is 0 Å². The summed E-state index contributed by atoms with van der Waals surface area (Å²) in [5.74, 6) is 1.98. The maximum absolute atomic E-state index is 5.34. The zero-order valence-electron chi connectivity index (χ0n) is 18.2. The highest BCUT2D eigenvalue weighted by molar-refractivity contribution is 5.59. The number of fused-ring (bicyclic) bond motifs is 2. The zero-order chi connectivity index (χ0) is 21.8. The molecule has 4 heteroatoms. The second kappa shape index (κ2) is 11.8. The Labute approximate surface area is 190 Å². The zero-order valence-corrected chi connectivity index (χ0v) is 18.2. The SMILES string of the molecule is C1=Cc2ccccc2OC1.C1=Cc2ccccc2OC1.c1ccc(N2CCOCC2)cc1. The van der Waals surface area contributed by atoms with Gasteiger partial charge in [0.15, 0.2) is 0 Å². The molecule has 0 amide bonds. The van der Waals surface area contributed by atoms with Crippen LogP contribution in [-0.2, 0) is 4.74 Å². The van der Waals surface area contributed by atoms with Gasteiger partial charge in [-0.05, 0) is 36.4 Å². The fourth-order valence-corrected chi connectivity index (χ4v) is 3.59. The lowest BCUT2D eigenvalue weighted by Crippen LogP contribution is -2.36. The number of morpholine rings is 1. The van der Waals surface area contributed by atoms with Crippen molar-refractivity contribution in [1.29, 1.82) is 0 Å². The fourth-order valence-electron chi connectivity index (χ4n) is 3.59. The van der Waals surface area contributed by atoms with Crippen molar-refractivity contribution in [1.82, 2.24) is 0 Å². The van der Waals surface area contributed by atoms with E-state index in [-0.39, 0.29) is 0 Å². The Balaban J connectivity index is 0.000000115. The molecule has 1 fully saturated rings. The molecule has 4 nitrogen and oxygen atoms in total. The molecule has 3 heterocycles. The third kappa shape index (κ3) is 6.25. The van der Waals surface area contributed by atoms with Gasteiger partial charge in [-0.25, -0.2) is 0 Å². The summed E-state index contributed by atoms with van der Waals surface area (Å²) in [6.45, 7) is 5.16. The van der Waals surface area contributed by atoms with Crippen molar-refractivity contribution >= 4 is 17.8 Å². The number of anilines is 1. The number of nitrogens with zero attached hydrogens (tertiary/aromatic N) is 1. The topological polar surface area (TPSA) is 30.9 Å². The summed E-state index contributed by atoms with van der Waals surface area (Å²) < 4.78 is 16.0. The first-order valence-corrected chi connectivity index (χ1v) is 11.0. The van der Waals surface area contributed by atoms with Gasteiger partial charge < -0.3 is 19.1 Å². The monoisotopic (exact) mass is 427 g/mol. The van der Waals surface area contributed by atoms with E-state index in [1.54, 1.807) is 0 Å². The number of para-hydroxylation sites is 3. The summed E-state index contributed by atoms with van der Waals surface area (Å²) in [6, 6.07) is 26.5. The second-order valence-corrected chi connectivity index (χ2v) is 7.44. The molecule has 6 rings (SSSR count). The minimum atomic E-state index is 0.705. The van der Waals surface area contributed by atoms with Crippen LogP contribution in [0.2, 0.25) is 0 Å². The molecule has 0 bridgehead atoms. The molecule has 3 aromatic rings. The summed E-state index contributed by atoms with van der Waals surface area (Å²) in [5, 5.41) is 0.